The van der Waals surface area contributed by atoms with Gasteiger partial charge in [-0.1, -0.05) is 273 Å². The van der Waals surface area contributed by atoms with Crippen LogP contribution in [-0.4, -0.2) is 73.4 Å². The Morgan fingerprint density at radius 3 is 1.16 bits per heavy atom. The number of nitrogens with one attached hydrogen (secondary N) is 1. The molecule has 0 aromatic carbocycles. The molecule has 0 rings (SSSR count). The summed E-state index contributed by atoms with van der Waals surface area (Å²) >= 11 is 0. The first-order valence-electron chi connectivity index (χ1n) is 31.8. The van der Waals surface area contributed by atoms with Gasteiger partial charge in [0.05, 0.1) is 39.9 Å². The van der Waals surface area contributed by atoms with Crippen molar-refractivity contribution < 1.29 is 32.9 Å². The number of carbonyl (C=O) groups is 1. The van der Waals surface area contributed by atoms with Crippen LogP contribution in [0.1, 0.15) is 290 Å². The Morgan fingerprint density at radius 1 is 0.453 bits per heavy atom. The maximum Gasteiger partial charge on any atom is 0.472 e. The standard InChI is InChI=1S/C66H123N2O6P/c1-6-8-10-12-14-16-18-20-22-24-26-28-30-32-34-36-38-40-42-44-46-48-50-52-54-56-58-60-66(70)67-64(63-74-75(71,72)73-62-61-68(3,4)5)65(69)59-57-55-53-51-49-47-45-43-41-39-37-35-33-31-29-27-25-23-21-19-17-15-13-11-9-7-2/h18,20,24,26,30,32,41,43,49,51,57,59,64-65,69H,6-17,19,21-23,25,27-29,31,33-40,42,44-48,50,52-56,58,60-63H2,1-5H3,(H-,67,70,71,72)/p+1/b20-18-,26-24-,32-30-,43-41+,51-49+,59-57+. The number of aliphatic hydroxyl groups is 1. The Hall–Kier alpha value is -2.06. The minimum absolute atomic E-state index is 0.0510. The zero-order valence-corrected chi connectivity index (χ0v) is 50.9. The Balaban J connectivity index is 4.23. The molecule has 1 amide bonds. The number of amides is 1. The second kappa shape index (κ2) is 56.7. The van der Waals surface area contributed by atoms with E-state index in [4.69, 9.17) is 9.05 Å². The van der Waals surface area contributed by atoms with Gasteiger partial charge in [0.1, 0.15) is 13.2 Å². The van der Waals surface area contributed by atoms with Gasteiger partial charge < -0.3 is 19.8 Å². The molecule has 75 heavy (non-hydrogen) atoms. The number of aliphatic hydroxyl groups excluding tert-OH is 1. The third-order valence-electron chi connectivity index (χ3n) is 14.1. The van der Waals surface area contributed by atoms with E-state index in [9.17, 15) is 19.4 Å². The fourth-order valence-electron chi connectivity index (χ4n) is 9.14. The number of phosphoric ester groups is 1. The monoisotopic (exact) mass is 1070 g/mol. The zero-order chi connectivity index (χ0) is 54.9. The Morgan fingerprint density at radius 2 is 0.773 bits per heavy atom. The molecule has 0 saturated heterocycles. The number of rotatable bonds is 58. The highest BCUT2D eigenvalue weighted by molar-refractivity contribution is 7.47. The van der Waals surface area contributed by atoms with Crippen LogP contribution in [0.3, 0.4) is 0 Å². The van der Waals surface area contributed by atoms with E-state index in [1.54, 1.807) is 6.08 Å². The summed E-state index contributed by atoms with van der Waals surface area (Å²) in [6.07, 6.45) is 78.8. The molecular formula is C66H124N2O6P+. The minimum atomic E-state index is -4.37. The summed E-state index contributed by atoms with van der Waals surface area (Å²) in [6.45, 7) is 4.80. The zero-order valence-electron chi connectivity index (χ0n) is 50.0. The van der Waals surface area contributed by atoms with Crippen molar-refractivity contribution in [1.29, 1.82) is 0 Å². The van der Waals surface area contributed by atoms with Gasteiger partial charge in [-0.2, -0.15) is 0 Å². The van der Waals surface area contributed by atoms with Crippen molar-refractivity contribution >= 4 is 13.7 Å². The largest absolute Gasteiger partial charge is 0.472 e. The third kappa shape index (κ3) is 59.4. The van der Waals surface area contributed by atoms with Crippen LogP contribution < -0.4 is 5.32 Å². The summed E-state index contributed by atoms with van der Waals surface area (Å²) in [5.41, 5.74) is 0. The van der Waals surface area contributed by atoms with Crippen LogP contribution in [0.4, 0.5) is 0 Å². The fraction of sp³-hybridized carbons (Fsp3) is 0.803. The molecule has 0 heterocycles. The van der Waals surface area contributed by atoms with Crippen molar-refractivity contribution in [1.82, 2.24) is 5.32 Å². The predicted molar refractivity (Wildman–Crippen MR) is 327 cm³/mol. The van der Waals surface area contributed by atoms with Gasteiger partial charge in [0.2, 0.25) is 5.91 Å². The van der Waals surface area contributed by atoms with E-state index >= 15 is 0 Å². The number of hydrogen-bond donors (Lipinski definition) is 3. The van der Waals surface area contributed by atoms with E-state index < -0.39 is 20.0 Å². The van der Waals surface area contributed by atoms with Gasteiger partial charge in [0.25, 0.3) is 0 Å². The molecule has 0 aliphatic carbocycles. The molecule has 8 nitrogen and oxygen atoms in total. The molecular weight excluding hydrogens is 948 g/mol. The van der Waals surface area contributed by atoms with Crippen molar-refractivity contribution in [3.05, 3.63) is 72.9 Å². The Labute approximate surface area is 465 Å². The second-order valence-electron chi connectivity index (χ2n) is 22.8. The molecule has 0 spiro atoms. The normalized spacial score (nSPS) is 14.3. The van der Waals surface area contributed by atoms with Crippen molar-refractivity contribution in [3.8, 4) is 0 Å². The van der Waals surface area contributed by atoms with Gasteiger partial charge in [-0.05, 0) is 83.5 Å². The number of unbranched alkanes of at least 4 members (excludes halogenated alkanes) is 35. The van der Waals surface area contributed by atoms with E-state index in [1.807, 2.05) is 27.2 Å². The summed E-state index contributed by atoms with van der Waals surface area (Å²) < 4.78 is 23.7. The average molecular weight is 1070 g/mol. The SMILES string of the molecule is CCCCCCC/C=C\C/C=C\C/C=C\CCCCCCCCCCCCCCC(=O)NC(COP(=O)(O)OCC[N+](C)(C)C)C(O)/C=C/CC/C=C/CC/C=C/CCCCCCCCCCCCCCCCCC. The van der Waals surface area contributed by atoms with Gasteiger partial charge in [0, 0.05) is 6.42 Å². The van der Waals surface area contributed by atoms with E-state index in [2.05, 4.69) is 79.9 Å². The maximum atomic E-state index is 13.0. The van der Waals surface area contributed by atoms with Crippen LogP contribution in [0.25, 0.3) is 0 Å². The summed E-state index contributed by atoms with van der Waals surface area (Å²) in [4.78, 5) is 23.4. The number of nitrogens with zero attached hydrogens (tertiary/aromatic N) is 1. The van der Waals surface area contributed by atoms with Crippen molar-refractivity contribution in [3.63, 3.8) is 0 Å². The van der Waals surface area contributed by atoms with Gasteiger partial charge in [-0.25, -0.2) is 4.57 Å². The minimum Gasteiger partial charge on any atom is -0.387 e. The number of quaternary nitrogens is 1. The summed E-state index contributed by atoms with van der Waals surface area (Å²) in [6, 6.07) is -0.876. The molecule has 0 aliphatic heterocycles. The first kappa shape index (κ1) is 72.9. The molecule has 3 atom stereocenters. The predicted octanol–water partition coefficient (Wildman–Crippen LogP) is 19.8. The van der Waals surface area contributed by atoms with Gasteiger partial charge in [-0.3, -0.25) is 13.8 Å². The topological polar surface area (TPSA) is 105 Å². The molecule has 0 fully saturated rings. The number of carbonyl (C=O) groups excluding carboxylic acids is 1. The summed E-state index contributed by atoms with van der Waals surface area (Å²) in [7, 11) is 1.54. The van der Waals surface area contributed by atoms with Crippen molar-refractivity contribution in [2.75, 3.05) is 40.9 Å². The number of likely N-dealkylation sites (N-methyl/N-ethyl adjacent to an activating group) is 1. The lowest BCUT2D eigenvalue weighted by molar-refractivity contribution is -0.870. The van der Waals surface area contributed by atoms with Crippen molar-refractivity contribution in [2.24, 2.45) is 0 Å². The Kier molecular flexibility index (Phi) is 55.1. The highest BCUT2D eigenvalue weighted by atomic mass is 31.2. The van der Waals surface area contributed by atoms with Crippen molar-refractivity contribution in [2.45, 2.75) is 302 Å². The van der Waals surface area contributed by atoms with Crippen LogP contribution in [0.15, 0.2) is 72.9 Å². The summed E-state index contributed by atoms with van der Waals surface area (Å²) in [5, 5.41) is 13.9. The van der Waals surface area contributed by atoms with Gasteiger partial charge in [0.15, 0.2) is 0 Å². The van der Waals surface area contributed by atoms with E-state index in [0.29, 0.717) is 17.4 Å². The second-order valence-corrected chi connectivity index (χ2v) is 24.2. The van der Waals surface area contributed by atoms with E-state index in [0.717, 1.165) is 57.8 Å². The highest BCUT2D eigenvalue weighted by Crippen LogP contribution is 2.43. The van der Waals surface area contributed by atoms with Crippen LogP contribution in [-0.2, 0) is 18.4 Å². The molecule has 0 aliphatic rings. The number of allylic oxidation sites excluding steroid dienone is 11. The lowest BCUT2D eigenvalue weighted by Crippen LogP contribution is -2.45. The molecule has 9 heteroatoms. The lowest BCUT2D eigenvalue weighted by atomic mass is 10.0. The first-order chi connectivity index (χ1) is 36.5. The molecule has 0 bridgehead atoms. The van der Waals surface area contributed by atoms with E-state index in [1.165, 1.54) is 212 Å². The molecule has 3 unspecified atom stereocenters. The van der Waals surface area contributed by atoms with Gasteiger partial charge in [-0.15, -0.1) is 0 Å². The average Bonchev–Trinajstić information content (AvgIpc) is 3.37. The molecule has 3 N–H and O–H groups in total. The van der Waals surface area contributed by atoms with Gasteiger partial charge >= 0.3 is 7.82 Å². The fourth-order valence-corrected chi connectivity index (χ4v) is 9.88. The molecule has 0 radical (unpaired) electrons. The first-order valence-corrected chi connectivity index (χ1v) is 33.3. The Bertz CT molecular complexity index is 1450. The number of phosphoric acid groups is 1. The van der Waals surface area contributed by atoms with Crippen LogP contribution in [0.5, 0.6) is 0 Å². The van der Waals surface area contributed by atoms with Crippen LogP contribution in [0.2, 0.25) is 0 Å². The van der Waals surface area contributed by atoms with Crippen LogP contribution in [0, 0.1) is 0 Å². The van der Waals surface area contributed by atoms with E-state index in [-0.39, 0.29) is 19.1 Å². The molecule has 0 saturated carbocycles. The molecule has 0 aromatic rings. The third-order valence-corrected chi connectivity index (χ3v) is 15.1. The molecule has 438 valence electrons. The summed E-state index contributed by atoms with van der Waals surface area (Å²) in [5.74, 6) is -0.192. The highest BCUT2D eigenvalue weighted by Gasteiger charge is 2.27. The maximum absolute atomic E-state index is 13.0. The smallest absolute Gasteiger partial charge is 0.387 e. The van der Waals surface area contributed by atoms with Crippen LogP contribution >= 0.6 is 7.82 Å². The molecule has 0 aromatic heterocycles. The lowest BCUT2D eigenvalue weighted by Gasteiger charge is -2.25. The quantitative estimate of drug-likeness (QED) is 0.0243. The number of hydrogen-bond acceptors (Lipinski definition) is 5.